The summed E-state index contributed by atoms with van der Waals surface area (Å²) in [7, 11) is 0. The first-order chi connectivity index (χ1) is 10.3. The van der Waals surface area contributed by atoms with E-state index in [0.29, 0.717) is 6.07 Å². The van der Waals surface area contributed by atoms with E-state index in [1.54, 1.807) is 0 Å². The van der Waals surface area contributed by atoms with Crippen molar-refractivity contribution in [3.63, 3.8) is 0 Å². The summed E-state index contributed by atoms with van der Waals surface area (Å²) < 4.78 is 48.4. The van der Waals surface area contributed by atoms with E-state index in [1.165, 1.54) is 6.07 Å². The summed E-state index contributed by atoms with van der Waals surface area (Å²) in [4.78, 5) is 21.3. The fourth-order valence-electron chi connectivity index (χ4n) is 1.79. The Labute approximate surface area is 121 Å². The van der Waals surface area contributed by atoms with Gasteiger partial charge in [-0.05, 0) is 12.1 Å². The van der Waals surface area contributed by atoms with Crippen molar-refractivity contribution in [3.8, 4) is 5.75 Å². The Morgan fingerprint density at radius 2 is 2.05 bits per heavy atom. The molecule has 118 valence electrons. The minimum atomic E-state index is -4.69. The smallest absolute Gasteiger partial charge is 0.417 e. The maximum atomic E-state index is 12.8. The summed E-state index contributed by atoms with van der Waals surface area (Å²) in [5.74, 6) is 0.134. The van der Waals surface area contributed by atoms with Crippen LogP contribution in [0.5, 0.6) is 5.75 Å². The molecule has 6 nitrogen and oxygen atoms in total. The number of carbonyl (C=O) groups is 1. The molecule has 2 aromatic rings. The van der Waals surface area contributed by atoms with Gasteiger partial charge in [0.05, 0.1) is 12.1 Å². The highest BCUT2D eigenvalue weighted by atomic mass is 19.4. The summed E-state index contributed by atoms with van der Waals surface area (Å²) in [6.45, 7) is -0.129. The first kappa shape index (κ1) is 15.7. The van der Waals surface area contributed by atoms with Crippen LogP contribution in [0.4, 0.5) is 18.0 Å². The molecule has 0 bridgehead atoms. The molecule has 22 heavy (non-hydrogen) atoms. The minimum Gasteiger partial charge on any atom is -0.530 e. The monoisotopic (exact) mass is 316 g/mol. The van der Waals surface area contributed by atoms with E-state index in [9.17, 15) is 27.9 Å². The van der Waals surface area contributed by atoms with Gasteiger partial charge in [-0.3, -0.25) is 0 Å². The van der Waals surface area contributed by atoms with Crippen LogP contribution in [0.3, 0.4) is 0 Å². The predicted octanol–water partition coefficient (Wildman–Crippen LogP) is 1.12. The Hall–Kier alpha value is -2.71. The van der Waals surface area contributed by atoms with E-state index < -0.39 is 23.5 Å². The Balaban J connectivity index is 2.27. The number of alkyl halides is 3. The summed E-state index contributed by atoms with van der Waals surface area (Å²) >= 11 is 0. The molecule has 0 fully saturated rings. The number of benzene rings is 1. The molecule has 0 unspecified atom stereocenters. The number of halogens is 3. The molecule has 0 atom stereocenters. The van der Waals surface area contributed by atoms with Crippen LogP contribution in [0.2, 0.25) is 0 Å². The maximum absolute atomic E-state index is 12.8. The third-order valence-corrected chi connectivity index (χ3v) is 2.66. The van der Waals surface area contributed by atoms with Crippen molar-refractivity contribution in [2.45, 2.75) is 6.18 Å². The van der Waals surface area contributed by atoms with Crippen molar-refractivity contribution in [3.05, 3.63) is 40.2 Å². The Kier molecular flexibility index (Phi) is 4.25. The van der Waals surface area contributed by atoms with Gasteiger partial charge >= 0.3 is 11.8 Å². The third kappa shape index (κ3) is 3.68. The van der Waals surface area contributed by atoms with Gasteiger partial charge in [-0.15, -0.1) is 0 Å². The average Bonchev–Trinajstić information content (AvgIpc) is 2.41. The largest absolute Gasteiger partial charge is 0.530 e. The van der Waals surface area contributed by atoms with Gasteiger partial charge in [0, 0.05) is 17.5 Å². The van der Waals surface area contributed by atoms with E-state index in [4.69, 9.17) is 9.15 Å². The highest BCUT2D eigenvalue weighted by molar-refractivity contribution is 5.82. The molecule has 1 aromatic heterocycles. The second-order valence-electron chi connectivity index (χ2n) is 4.20. The number of fused-ring (bicyclic) bond motifs is 1. The summed E-state index contributed by atoms with van der Waals surface area (Å²) in [6, 6.07) is 3.89. The highest BCUT2D eigenvalue weighted by Crippen LogP contribution is 2.34. The van der Waals surface area contributed by atoms with Crippen LogP contribution in [0.25, 0.3) is 11.0 Å². The first-order valence-electron chi connectivity index (χ1n) is 6.00. The molecule has 0 aliphatic carbocycles. The van der Waals surface area contributed by atoms with Crippen LogP contribution in [0.15, 0.2) is 33.5 Å². The number of carbonyl (C=O) groups excluding carboxylic acids is 1. The van der Waals surface area contributed by atoms with E-state index in [0.717, 1.165) is 12.1 Å². The minimum absolute atomic E-state index is 0.0626. The summed E-state index contributed by atoms with van der Waals surface area (Å²) in [6.07, 6.45) is -6.16. The molecular formula is C13H9F3NO5-. The van der Waals surface area contributed by atoms with E-state index >= 15 is 0 Å². The summed E-state index contributed by atoms with van der Waals surface area (Å²) in [5.41, 5.74) is -2.50. The van der Waals surface area contributed by atoms with Crippen molar-refractivity contribution in [2.24, 2.45) is 0 Å². The van der Waals surface area contributed by atoms with Gasteiger partial charge in [-0.25, -0.2) is 4.79 Å². The predicted molar refractivity (Wildman–Crippen MR) is 66.4 cm³/mol. The number of nitrogens with one attached hydrogen (secondary N) is 1. The van der Waals surface area contributed by atoms with Gasteiger partial charge in [0.2, 0.25) is 0 Å². The van der Waals surface area contributed by atoms with Crippen molar-refractivity contribution in [2.75, 3.05) is 13.2 Å². The molecule has 0 radical (unpaired) electrons. The van der Waals surface area contributed by atoms with E-state index in [-0.39, 0.29) is 29.9 Å². The molecule has 0 aliphatic heterocycles. The van der Waals surface area contributed by atoms with Gasteiger partial charge < -0.3 is 24.4 Å². The van der Waals surface area contributed by atoms with Crippen LogP contribution >= 0.6 is 0 Å². The second kappa shape index (κ2) is 5.96. The van der Waals surface area contributed by atoms with Gasteiger partial charge in [0.15, 0.2) is 0 Å². The molecule has 1 amide bonds. The van der Waals surface area contributed by atoms with Crippen LogP contribution in [0, 0.1) is 0 Å². The average molecular weight is 316 g/mol. The molecule has 0 aliphatic rings. The van der Waals surface area contributed by atoms with Crippen molar-refractivity contribution >= 4 is 17.1 Å². The molecule has 0 spiro atoms. The maximum Gasteiger partial charge on any atom is 0.417 e. The number of rotatable bonds is 4. The molecule has 2 rings (SSSR count). The lowest BCUT2D eigenvalue weighted by Gasteiger charge is -2.11. The van der Waals surface area contributed by atoms with Gasteiger partial charge in [0.1, 0.15) is 24.0 Å². The van der Waals surface area contributed by atoms with Crippen molar-refractivity contribution in [1.29, 1.82) is 0 Å². The number of carboxylic acid groups (broad SMARTS) is 1. The molecule has 1 heterocycles. The Morgan fingerprint density at radius 1 is 1.32 bits per heavy atom. The SMILES string of the molecule is O=C([O-])NCCOc1ccc2c(C(F)(F)F)cc(=O)oc2c1. The lowest BCUT2D eigenvalue weighted by Crippen LogP contribution is -2.38. The van der Waals surface area contributed by atoms with Gasteiger partial charge in [0.25, 0.3) is 0 Å². The topological polar surface area (TPSA) is 91.6 Å². The molecular weight excluding hydrogens is 307 g/mol. The van der Waals surface area contributed by atoms with E-state index in [1.807, 2.05) is 5.32 Å². The molecule has 9 heteroatoms. The third-order valence-electron chi connectivity index (χ3n) is 2.66. The molecule has 1 aromatic carbocycles. The van der Waals surface area contributed by atoms with Crippen molar-refractivity contribution < 1.29 is 32.2 Å². The van der Waals surface area contributed by atoms with Gasteiger partial charge in [-0.1, -0.05) is 0 Å². The van der Waals surface area contributed by atoms with Crippen LogP contribution in [0.1, 0.15) is 5.56 Å². The lowest BCUT2D eigenvalue weighted by atomic mass is 10.1. The normalized spacial score (nSPS) is 11.4. The van der Waals surface area contributed by atoms with Crippen LogP contribution in [-0.2, 0) is 6.18 Å². The number of amides is 1. The zero-order valence-corrected chi connectivity index (χ0v) is 10.9. The fraction of sp³-hybridized carbons (Fsp3) is 0.231. The zero-order chi connectivity index (χ0) is 16.3. The first-order valence-corrected chi connectivity index (χ1v) is 6.00. The molecule has 0 saturated heterocycles. The Morgan fingerprint density at radius 3 is 2.68 bits per heavy atom. The summed E-state index contributed by atoms with van der Waals surface area (Å²) in [5, 5.41) is 11.8. The number of hydrogen-bond acceptors (Lipinski definition) is 5. The second-order valence-corrected chi connectivity index (χ2v) is 4.20. The quantitative estimate of drug-likeness (QED) is 0.674. The van der Waals surface area contributed by atoms with Crippen LogP contribution in [-0.4, -0.2) is 19.2 Å². The van der Waals surface area contributed by atoms with E-state index in [2.05, 4.69) is 0 Å². The highest BCUT2D eigenvalue weighted by Gasteiger charge is 2.33. The molecule has 1 N–H and O–H groups in total. The van der Waals surface area contributed by atoms with Crippen molar-refractivity contribution in [1.82, 2.24) is 5.32 Å². The Bertz CT molecular complexity index is 753. The lowest BCUT2D eigenvalue weighted by molar-refractivity contribution is -0.250. The molecule has 0 saturated carbocycles. The fourth-order valence-corrected chi connectivity index (χ4v) is 1.79. The zero-order valence-electron chi connectivity index (χ0n) is 10.9. The van der Waals surface area contributed by atoms with Gasteiger partial charge in [-0.2, -0.15) is 13.2 Å². The number of ether oxygens (including phenoxy) is 1. The number of hydrogen-bond donors (Lipinski definition) is 1. The van der Waals surface area contributed by atoms with Crippen LogP contribution < -0.4 is 20.8 Å². The standard InChI is InChI=1S/C13H10F3NO5/c14-13(15,16)9-6-11(18)22-10-5-7(1-2-8(9)10)21-4-3-17-12(19)20/h1-2,5-6,17H,3-4H2,(H,19,20)/p-1.